The van der Waals surface area contributed by atoms with Crippen LogP contribution in [0.15, 0.2) is 30.6 Å². The van der Waals surface area contributed by atoms with Crippen molar-refractivity contribution in [2.45, 2.75) is 31.8 Å². The second kappa shape index (κ2) is 10.0. The number of rotatable bonds is 4. The minimum absolute atomic E-state index is 0. The van der Waals surface area contributed by atoms with Gasteiger partial charge in [-0.1, -0.05) is 29.3 Å². The van der Waals surface area contributed by atoms with Gasteiger partial charge in [0.25, 0.3) is 0 Å². The highest BCUT2D eigenvalue weighted by atomic mass is 35.5. The van der Waals surface area contributed by atoms with Crippen LogP contribution in [0.3, 0.4) is 0 Å². The van der Waals surface area contributed by atoms with Crippen LogP contribution in [0.2, 0.25) is 10.0 Å². The van der Waals surface area contributed by atoms with E-state index in [0.717, 1.165) is 49.4 Å². The number of hydrogen-bond acceptors (Lipinski definition) is 6. The van der Waals surface area contributed by atoms with Crippen LogP contribution >= 0.6 is 35.6 Å². The molecule has 1 amide bonds. The molecule has 0 aliphatic carbocycles. The fourth-order valence-electron chi connectivity index (χ4n) is 4.49. The molecule has 2 atom stereocenters. The highest BCUT2D eigenvalue weighted by Crippen LogP contribution is 2.30. The molecule has 2 aliphatic rings. The topological polar surface area (TPSA) is 79.2 Å². The monoisotopic (exact) mass is 509 g/mol. The summed E-state index contributed by atoms with van der Waals surface area (Å²) >= 11 is 12.5. The van der Waals surface area contributed by atoms with Gasteiger partial charge in [0.05, 0.1) is 24.5 Å². The first kappa shape index (κ1) is 24.0. The maximum atomic E-state index is 12.7. The molecule has 5 rings (SSSR count). The third kappa shape index (κ3) is 4.75. The lowest BCUT2D eigenvalue weighted by molar-refractivity contribution is -0.133. The molecule has 2 fully saturated rings. The van der Waals surface area contributed by atoms with E-state index in [9.17, 15) is 4.79 Å². The van der Waals surface area contributed by atoms with Crippen molar-refractivity contribution in [3.05, 3.63) is 46.2 Å². The minimum atomic E-state index is -0.129. The van der Waals surface area contributed by atoms with Gasteiger partial charge in [0.1, 0.15) is 11.3 Å². The van der Waals surface area contributed by atoms with Crippen molar-refractivity contribution in [2.24, 2.45) is 0 Å². The molecule has 3 aromatic rings. The van der Waals surface area contributed by atoms with Gasteiger partial charge in [-0.05, 0) is 44.0 Å². The van der Waals surface area contributed by atoms with Crippen LogP contribution in [0.5, 0.6) is 0 Å². The number of carbonyl (C=O) groups is 1. The van der Waals surface area contributed by atoms with Crippen molar-refractivity contribution in [1.29, 1.82) is 0 Å². The molecular formula is C22H26Cl3N7O. The van der Waals surface area contributed by atoms with Crippen molar-refractivity contribution in [3.8, 4) is 0 Å². The molecule has 33 heavy (non-hydrogen) atoms. The van der Waals surface area contributed by atoms with Gasteiger partial charge in [0.2, 0.25) is 5.91 Å². The smallest absolute Gasteiger partial charge is 0.239 e. The SMILES string of the molecule is C[C@@H](c1ccc(Cl)cc1Cl)n1ncc2ncc(N3CCN(C(=O)[C@H]4CCCN4)CC3)nc21.Cl. The normalized spacial score (nSPS) is 19.5. The molecule has 176 valence electrons. The Balaban J connectivity index is 0.00000259. The third-order valence-electron chi connectivity index (χ3n) is 6.34. The van der Waals surface area contributed by atoms with Crippen LogP contribution in [0.25, 0.3) is 11.2 Å². The van der Waals surface area contributed by atoms with Crippen LogP contribution in [0.4, 0.5) is 5.82 Å². The maximum absolute atomic E-state index is 12.7. The number of nitrogens with zero attached hydrogens (tertiary/aromatic N) is 6. The summed E-state index contributed by atoms with van der Waals surface area (Å²) in [6.45, 7) is 5.78. The molecule has 4 heterocycles. The average molecular weight is 511 g/mol. The second-order valence-corrected chi connectivity index (χ2v) is 9.17. The van der Waals surface area contributed by atoms with Gasteiger partial charge in [-0.25, -0.2) is 14.6 Å². The Morgan fingerprint density at radius 1 is 1.18 bits per heavy atom. The Morgan fingerprint density at radius 3 is 2.67 bits per heavy atom. The van der Waals surface area contributed by atoms with E-state index in [1.54, 1.807) is 18.5 Å². The largest absolute Gasteiger partial charge is 0.352 e. The Labute approximate surface area is 208 Å². The van der Waals surface area contributed by atoms with Gasteiger partial charge in [-0.3, -0.25) is 4.79 Å². The first-order valence-electron chi connectivity index (χ1n) is 10.9. The Kier molecular flexibility index (Phi) is 7.28. The van der Waals surface area contributed by atoms with Gasteiger partial charge in [-0.15, -0.1) is 12.4 Å². The number of piperazine rings is 1. The molecule has 1 aromatic carbocycles. The van der Waals surface area contributed by atoms with E-state index < -0.39 is 0 Å². The number of nitrogens with one attached hydrogen (secondary N) is 1. The lowest BCUT2D eigenvalue weighted by Crippen LogP contribution is -2.53. The summed E-state index contributed by atoms with van der Waals surface area (Å²) in [6.07, 6.45) is 5.50. The fourth-order valence-corrected chi connectivity index (χ4v) is 5.06. The number of anilines is 1. The molecule has 0 radical (unpaired) electrons. The number of aromatic nitrogens is 4. The molecule has 2 aromatic heterocycles. The molecule has 0 spiro atoms. The highest BCUT2D eigenvalue weighted by molar-refractivity contribution is 6.35. The second-order valence-electron chi connectivity index (χ2n) is 8.33. The number of fused-ring (bicyclic) bond motifs is 1. The Bertz CT molecular complexity index is 1140. The highest BCUT2D eigenvalue weighted by Gasteiger charge is 2.29. The van der Waals surface area contributed by atoms with Gasteiger partial charge in [-0.2, -0.15) is 5.10 Å². The summed E-state index contributed by atoms with van der Waals surface area (Å²) in [5, 5.41) is 9.01. The predicted octanol–water partition coefficient (Wildman–Crippen LogP) is 3.56. The van der Waals surface area contributed by atoms with Crippen molar-refractivity contribution in [1.82, 2.24) is 30.0 Å². The van der Waals surface area contributed by atoms with Crippen LogP contribution < -0.4 is 10.2 Å². The van der Waals surface area contributed by atoms with Crippen molar-refractivity contribution in [2.75, 3.05) is 37.6 Å². The Hall–Kier alpha value is -2.13. The van der Waals surface area contributed by atoms with Crippen molar-refractivity contribution >= 4 is 58.5 Å². The van der Waals surface area contributed by atoms with E-state index in [4.69, 9.17) is 28.2 Å². The predicted molar refractivity (Wildman–Crippen MR) is 133 cm³/mol. The number of halogens is 3. The molecule has 11 heteroatoms. The number of amides is 1. The average Bonchev–Trinajstić information content (AvgIpc) is 3.48. The van der Waals surface area contributed by atoms with E-state index in [1.165, 1.54) is 0 Å². The summed E-state index contributed by atoms with van der Waals surface area (Å²) in [5.41, 5.74) is 2.35. The summed E-state index contributed by atoms with van der Waals surface area (Å²) in [4.78, 5) is 26.3. The molecule has 2 aliphatic heterocycles. The zero-order valence-corrected chi connectivity index (χ0v) is 20.6. The van der Waals surface area contributed by atoms with Crippen molar-refractivity contribution < 1.29 is 4.79 Å². The fraction of sp³-hybridized carbons (Fsp3) is 0.455. The molecule has 0 bridgehead atoms. The van der Waals surface area contributed by atoms with E-state index in [1.807, 2.05) is 28.6 Å². The summed E-state index contributed by atoms with van der Waals surface area (Å²) < 4.78 is 1.84. The summed E-state index contributed by atoms with van der Waals surface area (Å²) in [6, 6.07) is 5.32. The van der Waals surface area contributed by atoms with Gasteiger partial charge >= 0.3 is 0 Å². The lowest BCUT2D eigenvalue weighted by atomic mass is 10.1. The molecule has 0 saturated carbocycles. The quantitative estimate of drug-likeness (QED) is 0.578. The summed E-state index contributed by atoms with van der Waals surface area (Å²) in [5.74, 6) is 1.01. The molecule has 2 saturated heterocycles. The molecule has 0 unspecified atom stereocenters. The molecule has 8 nitrogen and oxygen atoms in total. The van der Waals surface area contributed by atoms with E-state index in [-0.39, 0.29) is 30.4 Å². The van der Waals surface area contributed by atoms with Gasteiger partial charge < -0.3 is 15.1 Å². The van der Waals surface area contributed by atoms with Crippen molar-refractivity contribution in [3.63, 3.8) is 0 Å². The molecular weight excluding hydrogens is 485 g/mol. The van der Waals surface area contributed by atoms with Crippen LogP contribution in [-0.4, -0.2) is 69.3 Å². The van der Waals surface area contributed by atoms with E-state index in [0.29, 0.717) is 28.8 Å². The van der Waals surface area contributed by atoms with Crippen LogP contribution in [0.1, 0.15) is 31.4 Å². The van der Waals surface area contributed by atoms with Gasteiger partial charge in [0.15, 0.2) is 5.65 Å². The lowest BCUT2D eigenvalue weighted by Gasteiger charge is -2.36. The zero-order chi connectivity index (χ0) is 22.2. The van der Waals surface area contributed by atoms with E-state index in [2.05, 4.69) is 20.3 Å². The first-order valence-corrected chi connectivity index (χ1v) is 11.7. The third-order valence-corrected chi connectivity index (χ3v) is 6.91. The van der Waals surface area contributed by atoms with E-state index >= 15 is 0 Å². The first-order chi connectivity index (χ1) is 15.5. The minimum Gasteiger partial charge on any atom is -0.352 e. The van der Waals surface area contributed by atoms with Crippen LogP contribution in [0, 0.1) is 0 Å². The number of hydrogen-bond donors (Lipinski definition) is 1. The van der Waals surface area contributed by atoms with Crippen LogP contribution in [-0.2, 0) is 4.79 Å². The van der Waals surface area contributed by atoms with Gasteiger partial charge in [0, 0.05) is 36.2 Å². The summed E-state index contributed by atoms with van der Waals surface area (Å²) in [7, 11) is 0. The zero-order valence-electron chi connectivity index (χ0n) is 18.2. The standard InChI is InChI=1S/C22H25Cl2N7O.ClH/c1-14(16-5-4-15(23)11-17(16)24)31-21-19(12-27-31)26-13-20(28-21)29-7-9-30(10-8-29)22(32)18-3-2-6-25-18;/h4-5,11-14,18,25H,2-3,6-10H2,1H3;1H/t14-,18+;/m0./s1. The molecule has 1 N–H and O–H groups in total. The number of carbonyl (C=O) groups excluding carboxylic acids is 1. The number of benzene rings is 1. The Morgan fingerprint density at radius 2 is 1.97 bits per heavy atom. The maximum Gasteiger partial charge on any atom is 0.239 e.